The molecular weight excluding hydrogens is 741 g/mol. The van der Waals surface area contributed by atoms with Crippen LogP contribution in [-0.4, -0.2) is 4.57 Å². The standard InChI is InChI=1S/C58H36N2O/c1-3-17-38(18-4-1)56-57-50-35-41(59(39-20-5-2-6-21-39)40-30-32-47-45-25-10-9-23-43(45)44-24-11-12-26-46(44)49(47)34-40)31-33-52(50)60(51-28-15-19-37-16-7-8-22-42(37)51)53(57)36-55-58(56)48-27-13-14-29-54(48)61-55/h1-36H. The summed E-state index contributed by atoms with van der Waals surface area (Å²) in [5, 5.41) is 14.6. The molecule has 0 radical (unpaired) electrons. The molecule has 13 aromatic rings. The summed E-state index contributed by atoms with van der Waals surface area (Å²) in [4.78, 5) is 2.41. The molecule has 3 heteroatoms. The van der Waals surface area contributed by atoms with Crippen molar-refractivity contribution in [2.24, 2.45) is 0 Å². The van der Waals surface area contributed by atoms with E-state index in [1.165, 1.54) is 59.4 Å². The average Bonchev–Trinajstić information content (AvgIpc) is 3.86. The Hall–Kier alpha value is -8.14. The maximum Gasteiger partial charge on any atom is 0.138 e. The van der Waals surface area contributed by atoms with E-state index in [2.05, 4.69) is 228 Å². The number of anilines is 3. The lowest BCUT2D eigenvalue weighted by Gasteiger charge is -2.26. The Kier molecular flexibility index (Phi) is 7.31. The monoisotopic (exact) mass is 776 g/mol. The van der Waals surface area contributed by atoms with E-state index in [1.807, 2.05) is 0 Å². The zero-order chi connectivity index (χ0) is 40.0. The number of aromatic nitrogens is 1. The van der Waals surface area contributed by atoms with Crippen LogP contribution in [0.5, 0.6) is 0 Å². The highest BCUT2D eigenvalue weighted by Gasteiger charge is 2.25. The lowest BCUT2D eigenvalue weighted by atomic mass is 9.93. The van der Waals surface area contributed by atoms with E-state index in [1.54, 1.807) is 0 Å². The Morgan fingerprint density at radius 2 is 0.885 bits per heavy atom. The van der Waals surface area contributed by atoms with Crippen LogP contribution in [0.2, 0.25) is 0 Å². The summed E-state index contributed by atoms with van der Waals surface area (Å²) in [6.07, 6.45) is 0. The van der Waals surface area contributed by atoms with Crippen molar-refractivity contribution >= 4 is 104 Å². The molecule has 11 aromatic carbocycles. The third kappa shape index (κ3) is 5.04. The number of fused-ring (bicyclic) bond motifs is 13. The first-order valence-electron chi connectivity index (χ1n) is 20.9. The predicted molar refractivity (Wildman–Crippen MR) is 258 cm³/mol. The van der Waals surface area contributed by atoms with Crippen molar-refractivity contribution in [2.45, 2.75) is 0 Å². The molecular formula is C58H36N2O. The minimum atomic E-state index is 0.874. The summed E-state index contributed by atoms with van der Waals surface area (Å²) in [5.41, 5.74) is 10.7. The van der Waals surface area contributed by atoms with Gasteiger partial charge in [0.2, 0.25) is 0 Å². The molecule has 0 spiro atoms. The van der Waals surface area contributed by atoms with Gasteiger partial charge in [0, 0.05) is 55.6 Å². The van der Waals surface area contributed by atoms with Crippen molar-refractivity contribution in [3.8, 4) is 16.8 Å². The van der Waals surface area contributed by atoms with Gasteiger partial charge in [-0.15, -0.1) is 0 Å². The van der Waals surface area contributed by atoms with Crippen LogP contribution in [0, 0.1) is 0 Å². The van der Waals surface area contributed by atoms with Crippen LogP contribution < -0.4 is 4.90 Å². The molecule has 13 rings (SSSR count). The van der Waals surface area contributed by atoms with Gasteiger partial charge in [-0.25, -0.2) is 0 Å². The van der Waals surface area contributed by atoms with Crippen molar-refractivity contribution in [1.82, 2.24) is 4.57 Å². The van der Waals surface area contributed by atoms with Crippen molar-refractivity contribution in [2.75, 3.05) is 4.90 Å². The maximum absolute atomic E-state index is 6.75. The number of rotatable bonds is 5. The summed E-state index contributed by atoms with van der Waals surface area (Å²) < 4.78 is 9.20. The molecule has 284 valence electrons. The zero-order valence-electron chi connectivity index (χ0n) is 33.1. The van der Waals surface area contributed by atoms with Gasteiger partial charge in [-0.2, -0.15) is 0 Å². The van der Waals surface area contributed by atoms with Gasteiger partial charge in [0.1, 0.15) is 11.2 Å². The van der Waals surface area contributed by atoms with Crippen molar-refractivity contribution in [1.29, 1.82) is 0 Å². The van der Waals surface area contributed by atoms with Gasteiger partial charge < -0.3 is 13.9 Å². The van der Waals surface area contributed by atoms with Gasteiger partial charge >= 0.3 is 0 Å². The summed E-state index contributed by atoms with van der Waals surface area (Å²) in [5.74, 6) is 0. The van der Waals surface area contributed by atoms with Gasteiger partial charge in [0.15, 0.2) is 0 Å². The summed E-state index contributed by atoms with van der Waals surface area (Å²) in [6, 6.07) is 79.3. The van der Waals surface area contributed by atoms with E-state index in [9.17, 15) is 0 Å². The summed E-state index contributed by atoms with van der Waals surface area (Å²) >= 11 is 0. The Morgan fingerprint density at radius 3 is 1.62 bits per heavy atom. The molecule has 0 amide bonds. The fourth-order valence-corrected chi connectivity index (χ4v) is 10.1. The third-order valence-electron chi connectivity index (χ3n) is 12.7. The van der Waals surface area contributed by atoms with E-state index < -0.39 is 0 Å². The minimum Gasteiger partial charge on any atom is -0.456 e. The Morgan fingerprint density at radius 1 is 0.328 bits per heavy atom. The van der Waals surface area contributed by atoms with Crippen molar-refractivity contribution in [3.63, 3.8) is 0 Å². The van der Waals surface area contributed by atoms with E-state index in [0.29, 0.717) is 0 Å². The molecule has 0 aliphatic carbocycles. The Balaban J connectivity index is 1.16. The van der Waals surface area contributed by atoms with Gasteiger partial charge in [0.05, 0.1) is 16.7 Å². The average molecular weight is 777 g/mol. The molecule has 0 atom stereocenters. The second-order valence-corrected chi connectivity index (χ2v) is 16.0. The summed E-state index contributed by atoms with van der Waals surface area (Å²) in [7, 11) is 0. The minimum absolute atomic E-state index is 0.874. The number of nitrogens with zero attached hydrogens (tertiary/aromatic N) is 2. The second-order valence-electron chi connectivity index (χ2n) is 16.0. The highest BCUT2D eigenvalue weighted by molar-refractivity contribution is 6.28. The summed E-state index contributed by atoms with van der Waals surface area (Å²) in [6.45, 7) is 0. The van der Waals surface area contributed by atoms with Crippen LogP contribution in [0.4, 0.5) is 17.1 Å². The lowest BCUT2D eigenvalue weighted by Crippen LogP contribution is -2.09. The SMILES string of the molecule is c1ccc(-c2c3c(cc4c2c2cc(N(c5ccccc5)c5ccc6c7ccccc7c7ccccc7c6c5)ccc2n4-c2cccc4ccccc24)oc2ccccc23)cc1. The second kappa shape index (κ2) is 13.2. The first-order valence-corrected chi connectivity index (χ1v) is 20.9. The van der Waals surface area contributed by atoms with Gasteiger partial charge in [-0.3, -0.25) is 0 Å². The van der Waals surface area contributed by atoms with E-state index in [4.69, 9.17) is 4.42 Å². The van der Waals surface area contributed by atoms with E-state index >= 15 is 0 Å². The largest absolute Gasteiger partial charge is 0.456 e. The topological polar surface area (TPSA) is 21.3 Å². The molecule has 0 unspecified atom stereocenters. The number of hydrogen-bond donors (Lipinski definition) is 0. The molecule has 0 bridgehead atoms. The number of furan rings is 1. The molecule has 0 N–H and O–H groups in total. The lowest BCUT2D eigenvalue weighted by molar-refractivity contribution is 0.669. The number of hydrogen-bond acceptors (Lipinski definition) is 2. The normalized spacial score (nSPS) is 11.9. The van der Waals surface area contributed by atoms with Crippen LogP contribution >= 0.6 is 0 Å². The molecule has 2 aromatic heterocycles. The van der Waals surface area contributed by atoms with Gasteiger partial charge in [0.25, 0.3) is 0 Å². The molecule has 0 aliphatic rings. The van der Waals surface area contributed by atoms with Gasteiger partial charge in [-0.05, 0) is 97.9 Å². The van der Waals surface area contributed by atoms with Crippen LogP contribution in [0.25, 0.3) is 104 Å². The first-order chi connectivity index (χ1) is 30.3. The van der Waals surface area contributed by atoms with Crippen molar-refractivity contribution < 1.29 is 4.42 Å². The van der Waals surface area contributed by atoms with Crippen LogP contribution in [-0.2, 0) is 0 Å². The molecule has 0 saturated heterocycles. The fourth-order valence-electron chi connectivity index (χ4n) is 10.1. The zero-order valence-corrected chi connectivity index (χ0v) is 33.1. The first kappa shape index (κ1) is 33.8. The van der Waals surface area contributed by atoms with Gasteiger partial charge in [-0.1, -0.05) is 158 Å². The van der Waals surface area contributed by atoms with Crippen LogP contribution in [0.1, 0.15) is 0 Å². The number of para-hydroxylation sites is 2. The quantitative estimate of drug-likeness (QED) is 0.162. The highest BCUT2D eigenvalue weighted by atomic mass is 16.3. The smallest absolute Gasteiger partial charge is 0.138 e. The number of benzene rings is 11. The predicted octanol–water partition coefficient (Wildman–Crippen LogP) is 16.4. The van der Waals surface area contributed by atoms with Crippen LogP contribution in [0.15, 0.2) is 223 Å². The molecule has 0 fully saturated rings. The molecule has 0 aliphatic heterocycles. The Bertz CT molecular complexity index is 3840. The Labute approximate surface area is 351 Å². The molecule has 0 saturated carbocycles. The van der Waals surface area contributed by atoms with E-state index in [0.717, 1.165) is 61.3 Å². The highest BCUT2D eigenvalue weighted by Crippen LogP contribution is 2.49. The maximum atomic E-state index is 6.75. The molecule has 3 nitrogen and oxygen atoms in total. The molecule has 2 heterocycles. The third-order valence-corrected chi connectivity index (χ3v) is 12.7. The van der Waals surface area contributed by atoms with Crippen LogP contribution in [0.3, 0.4) is 0 Å². The van der Waals surface area contributed by atoms with Crippen molar-refractivity contribution in [3.05, 3.63) is 218 Å². The molecule has 61 heavy (non-hydrogen) atoms. The van der Waals surface area contributed by atoms with E-state index in [-0.39, 0.29) is 0 Å². The fraction of sp³-hybridized carbons (Fsp3) is 0.